The summed E-state index contributed by atoms with van der Waals surface area (Å²) in [5, 5.41) is 20.7. The van der Waals surface area contributed by atoms with Crippen molar-refractivity contribution in [3.8, 4) is 0 Å². The molecule has 0 fully saturated rings. The first kappa shape index (κ1) is 12.4. The molecule has 0 saturated carbocycles. The predicted octanol–water partition coefficient (Wildman–Crippen LogP) is 1.63. The van der Waals surface area contributed by atoms with Gasteiger partial charge in [0.2, 0.25) is 0 Å². The Balaban J connectivity index is 2.38. The van der Waals surface area contributed by atoms with Crippen LogP contribution in [0, 0.1) is 6.92 Å². The van der Waals surface area contributed by atoms with Crippen molar-refractivity contribution in [1.29, 1.82) is 0 Å². The maximum atomic E-state index is 11.2. The molecule has 6 nitrogen and oxygen atoms in total. The zero-order valence-corrected chi connectivity index (χ0v) is 9.93. The van der Waals surface area contributed by atoms with Gasteiger partial charge >= 0.3 is 5.97 Å². The largest absolute Gasteiger partial charge is 0.478 e. The molecule has 0 amide bonds. The lowest BCUT2D eigenvalue weighted by Gasteiger charge is -1.98. The van der Waals surface area contributed by atoms with Gasteiger partial charge in [0, 0.05) is 13.2 Å². The van der Waals surface area contributed by atoms with Gasteiger partial charge in [0.1, 0.15) is 5.52 Å². The number of aromatic nitrogens is 1. The number of nitrogens with zero attached hydrogens (tertiary/aromatic N) is 1. The summed E-state index contributed by atoms with van der Waals surface area (Å²) in [5.74, 6) is -1.02. The van der Waals surface area contributed by atoms with E-state index in [2.05, 4.69) is 10.3 Å². The van der Waals surface area contributed by atoms with E-state index < -0.39 is 5.97 Å². The number of fused-ring (bicyclic) bond motifs is 1. The number of carbonyl (C=O) groups is 1. The minimum absolute atomic E-state index is 0.0761. The lowest BCUT2D eigenvalue weighted by molar-refractivity contribution is 0.0698. The summed E-state index contributed by atoms with van der Waals surface area (Å²) in [5.41, 5.74) is 1.58. The zero-order chi connectivity index (χ0) is 13.1. The van der Waals surface area contributed by atoms with Crippen molar-refractivity contribution in [2.45, 2.75) is 13.3 Å². The van der Waals surface area contributed by atoms with Crippen molar-refractivity contribution in [1.82, 2.24) is 4.98 Å². The molecule has 1 heterocycles. The number of aliphatic hydroxyl groups excluding tert-OH is 1. The number of hydrogen-bond acceptors (Lipinski definition) is 5. The first-order chi connectivity index (χ1) is 8.63. The van der Waals surface area contributed by atoms with E-state index >= 15 is 0 Å². The van der Waals surface area contributed by atoms with Gasteiger partial charge in [-0.1, -0.05) is 6.07 Å². The van der Waals surface area contributed by atoms with Gasteiger partial charge in [-0.25, -0.2) is 4.79 Å². The number of anilines is 1. The number of aryl methyl sites for hydroxylation is 1. The fourth-order valence-corrected chi connectivity index (χ4v) is 1.71. The highest BCUT2D eigenvalue weighted by Crippen LogP contribution is 2.24. The Kier molecular flexibility index (Phi) is 3.47. The number of hydrogen-bond donors (Lipinski definition) is 3. The second-order valence-electron chi connectivity index (χ2n) is 3.93. The van der Waals surface area contributed by atoms with Crippen LogP contribution in [-0.4, -0.2) is 34.3 Å². The Morgan fingerprint density at radius 1 is 1.50 bits per heavy atom. The first-order valence-corrected chi connectivity index (χ1v) is 5.61. The third-order valence-electron chi connectivity index (χ3n) is 2.59. The molecule has 0 bridgehead atoms. The molecule has 0 aliphatic heterocycles. The van der Waals surface area contributed by atoms with E-state index in [1.165, 1.54) is 0 Å². The standard InChI is InChI=1S/C12H14N2O4/c1-7-3-4-8-10(9(7)11(16)17)14-12(18-8)13-5-2-6-15/h3-4,15H,2,5-6H2,1H3,(H,13,14)(H,16,17). The van der Waals surface area contributed by atoms with E-state index in [0.717, 1.165) is 0 Å². The van der Waals surface area contributed by atoms with Crippen LogP contribution in [0.25, 0.3) is 11.1 Å². The van der Waals surface area contributed by atoms with E-state index in [1.807, 2.05) is 0 Å². The quantitative estimate of drug-likeness (QED) is 0.698. The first-order valence-electron chi connectivity index (χ1n) is 5.61. The smallest absolute Gasteiger partial charge is 0.338 e. The second-order valence-corrected chi connectivity index (χ2v) is 3.93. The number of nitrogens with one attached hydrogen (secondary N) is 1. The Morgan fingerprint density at radius 2 is 2.28 bits per heavy atom. The van der Waals surface area contributed by atoms with Crippen molar-refractivity contribution < 1.29 is 19.4 Å². The molecule has 3 N–H and O–H groups in total. The van der Waals surface area contributed by atoms with Crippen molar-refractivity contribution in [3.63, 3.8) is 0 Å². The van der Waals surface area contributed by atoms with E-state index in [0.29, 0.717) is 29.6 Å². The van der Waals surface area contributed by atoms with Crippen LogP contribution < -0.4 is 5.32 Å². The number of rotatable bonds is 5. The summed E-state index contributed by atoms with van der Waals surface area (Å²) in [6.07, 6.45) is 0.573. The third-order valence-corrected chi connectivity index (χ3v) is 2.59. The fraction of sp³-hybridized carbons (Fsp3) is 0.333. The molecule has 0 spiro atoms. The van der Waals surface area contributed by atoms with Gasteiger partial charge in [-0.3, -0.25) is 0 Å². The molecular formula is C12H14N2O4. The summed E-state index contributed by atoms with van der Waals surface area (Å²) in [4.78, 5) is 15.3. The number of carboxylic acids is 1. The third kappa shape index (κ3) is 2.28. The van der Waals surface area contributed by atoms with Crippen molar-refractivity contribution >= 4 is 23.1 Å². The molecule has 6 heteroatoms. The summed E-state index contributed by atoms with van der Waals surface area (Å²) in [7, 11) is 0. The van der Waals surface area contributed by atoms with E-state index in [-0.39, 0.29) is 18.2 Å². The molecule has 18 heavy (non-hydrogen) atoms. The average Bonchev–Trinajstić information content (AvgIpc) is 2.71. The van der Waals surface area contributed by atoms with E-state index in [1.54, 1.807) is 19.1 Å². The zero-order valence-electron chi connectivity index (χ0n) is 9.93. The highest BCUT2D eigenvalue weighted by molar-refractivity contribution is 6.02. The maximum absolute atomic E-state index is 11.2. The number of benzene rings is 1. The van der Waals surface area contributed by atoms with Gasteiger partial charge in [0.05, 0.1) is 5.56 Å². The molecule has 96 valence electrons. The number of carboxylic acid groups (broad SMARTS) is 1. The molecule has 0 saturated heterocycles. The van der Waals surface area contributed by atoms with Crippen molar-refractivity contribution in [2.24, 2.45) is 0 Å². The minimum atomic E-state index is -1.02. The average molecular weight is 250 g/mol. The van der Waals surface area contributed by atoms with Crippen LogP contribution in [0.1, 0.15) is 22.3 Å². The van der Waals surface area contributed by atoms with Gasteiger partial charge < -0.3 is 19.9 Å². The van der Waals surface area contributed by atoms with E-state index in [4.69, 9.17) is 14.6 Å². The van der Waals surface area contributed by atoms with E-state index in [9.17, 15) is 4.79 Å². The van der Waals surface area contributed by atoms with Gasteiger partial charge in [-0.2, -0.15) is 4.98 Å². The minimum Gasteiger partial charge on any atom is -0.478 e. The lowest BCUT2D eigenvalue weighted by Crippen LogP contribution is -2.04. The fourth-order valence-electron chi connectivity index (χ4n) is 1.71. The monoisotopic (exact) mass is 250 g/mol. The molecule has 2 aromatic rings. The molecule has 0 radical (unpaired) electrons. The van der Waals surface area contributed by atoms with Gasteiger partial charge in [0.15, 0.2) is 5.58 Å². The topological polar surface area (TPSA) is 95.6 Å². The van der Waals surface area contributed by atoms with Gasteiger partial charge in [-0.05, 0) is 25.0 Å². The molecular weight excluding hydrogens is 236 g/mol. The highest BCUT2D eigenvalue weighted by Gasteiger charge is 2.17. The Morgan fingerprint density at radius 3 is 2.94 bits per heavy atom. The normalized spacial score (nSPS) is 10.8. The Hall–Kier alpha value is -2.08. The SMILES string of the molecule is Cc1ccc2oc(NCCCO)nc2c1C(=O)O. The number of aliphatic hydroxyl groups is 1. The lowest BCUT2D eigenvalue weighted by atomic mass is 10.1. The summed E-state index contributed by atoms with van der Waals surface area (Å²) in [6, 6.07) is 3.65. The maximum Gasteiger partial charge on any atom is 0.338 e. The Bertz CT molecular complexity index is 577. The van der Waals surface area contributed by atoms with Gasteiger partial charge in [0.25, 0.3) is 6.01 Å². The van der Waals surface area contributed by atoms with Crippen LogP contribution in [0.4, 0.5) is 6.01 Å². The molecule has 0 aliphatic carbocycles. The van der Waals surface area contributed by atoms with Crippen LogP contribution in [0.2, 0.25) is 0 Å². The van der Waals surface area contributed by atoms with Crippen molar-refractivity contribution in [3.05, 3.63) is 23.3 Å². The Labute approximate surface area is 103 Å². The van der Waals surface area contributed by atoms with Crippen LogP contribution >= 0.6 is 0 Å². The molecule has 0 unspecified atom stereocenters. The highest BCUT2D eigenvalue weighted by atomic mass is 16.4. The summed E-state index contributed by atoms with van der Waals surface area (Å²) in [6.45, 7) is 2.31. The van der Waals surface area contributed by atoms with Gasteiger partial charge in [-0.15, -0.1) is 0 Å². The molecule has 2 rings (SSSR count). The number of oxazole rings is 1. The second kappa shape index (κ2) is 5.05. The summed E-state index contributed by atoms with van der Waals surface area (Å²) >= 11 is 0. The van der Waals surface area contributed by atoms with Crippen LogP contribution in [0.3, 0.4) is 0 Å². The van der Waals surface area contributed by atoms with Crippen LogP contribution in [0.5, 0.6) is 0 Å². The van der Waals surface area contributed by atoms with Crippen molar-refractivity contribution in [2.75, 3.05) is 18.5 Å². The van der Waals surface area contributed by atoms with Crippen LogP contribution in [0.15, 0.2) is 16.5 Å². The summed E-state index contributed by atoms with van der Waals surface area (Å²) < 4.78 is 5.39. The molecule has 1 aromatic carbocycles. The molecule has 0 atom stereocenters. The molecule has 0 aliphatic rings. The van der Waals surface area contributed by atoms with Crippen LogP contribution in [-0.2, 0) is 0 Å². The number of aromatic carboxylic acids is 1. The molecule has 1 aromatic heterocycles. The predicted molar refractivity (Wildman–Crippen MR) is 65.9 cm³/mol.